The van der Waals surface area contributed by atoms with E-state index in [1.165, 1.54) is 44.6 Å². The molecule has 3 unspecified atom stereocenters. The lowest BCUT2D eigenvalue weighted by Gasteiger charge is -2.14. The summed E-state index contributed by atoms with van der Waals surface area (Å²) in [6.07, 6.45) is 19.4. The Morgan fingerprint density at radius 1 is 0.870 bits per heavy atom. The molecule has 0 amide bonds. The molecule has 132 valence electrons. The fourth-order valence-electron chi connectivity index (χ4n) is 2.01. The van der Waals surface area contributed by atoms with E-state index in [-0.39, 0.29) is 0 Å². The van der Waals surface area contributed by atoms with Crippen LogP contribution in [0.4, 0.5) is 0 Å². The van der Waals surface area contributed by atoms with Crippen LogP contribution in [0.5, 0.6) is 0 Å². The van der Waals surface area contributed by atoms with Crippen LogP contribution in [0.3, 0.4) is 0 Å². The molecule has 0 heterocycles. The van der Waals surface area contributed by atoms with Crippen molar-refractivity contribution in [2.45, 2.75) is 63.6 Å². The number of carboxylic acid groups (broad SMARTS) is 1. The smallest absolute Gasteiger partial charge is 0.328 e. The summed E-state index contributed by atoms with van der Waals surface area (Å²) in [6.45, 7) is 2.26. The number of aliphatic carboxylic acids is 1. The van der Waals surface area contributed by atoms with Gasteiger partial charge < -0.3 is 5.11 Å². The maximum atomic E-state index is 10.3. The molecular formula is C18H27I3O2. The molecule has 23 heavy (non-hydrogen) atoms. The van der Waals surface area contributed by atoms with Gasteiger partial charge in [0.15, 0.2) is 0 Å². The molecule has 1 N–H and O–H groups in total. The number of hydrogen-bond donors (Lipinski definition) is 1. The lowest BCUT2D eigenvalue weighted by atomic mass is 10.1. The lowest BCUT2D eigenvalue weighted by Crippen LogP contribution is -2.06. The molecule has 0 saturated carbocycles. The quantitative estimate of drug-likeness (QED) is 0.101. The van der Waals surface area contributed by atoms with Gasteiger partial charge in [-0.25, -0.2) is 4.79 Å². The van der Waals surface area contributed by atoms with E-state index in [2.05, 4.69) is 80.8 Å². The highest BCUT2D eigenvalue weighted by molar-refractivity contribution is 14.1. The average molecular weight is 656 g/mol. The van der Waals surface area contributed by atoms with Crippen molar-refractivity contribution in [2.24, 2.45) is 0 Å². The van der Waals surface area contributed by atoms with Crippen LogP contribution in [-0.4, -0.2) is 22.8 Å². The molecule has 0 rings (SSSR count). The first-order valence-electron chi connectivity index (χ1n) is 8.10. The average Bonchev–Trinajstić information content (AvgIpc) is 2.50. The molecule has 5 heteroatoms. The summed E-state index contributed by atoms with van der Waals surface area (Å²) in [5.74, 6) is -0.914. The van der Waals surface area contributed by atoms with Crippen LogP contribution in [0.15, 0.2) is 36.5 Å². The van der Waals surface area contributed by atoms with Crippen molar-refractivity contribution in [2.75, 3.05) is 0 Å². The third-order valence-electron chi connectivity index (χ3n) is 3.29. The molecule has 0 aliphatic rings. The maximum absolute atomic E-state index is 10.3. The highest BCUT2D eigenvalue weighted by Gasteiger charge is 2.10. The topological polar surface area (TPSA) is 37.3 Å². The van der Waals surface area contributed by atoms with E-state index in [1.54, 1.807) is 6.08 Å². The number of carboxylic acids is 1. The fourth-order valence-corrected chi connectivity index (χ4v) is 4.37. The highest BCUT2D eigenvalue weighted by atomic mass is 127. The Labute approximate surface area is 182 Å². The van der Waals surface area contributed by atoms with Crippen LogP contribution < -0.4 is 0 Å². The number of allylic oxidation sites excluding steroid dienone is 5. The van der Waals surface area contributed by atoms with Gasteiger partial charge in [-0.3, -0.25) is 0 Å². The van der Waals surface area contributed by atoms with E-state index in [1.807, 2.05) is 12.2 Å². The highest BCUT2D eigenvalue weighted by Crippen LogP contribution is 2.24. The summed E-state index contributed by atoms with van der Waals surface area (Å²) < 4.78 is 2.31. The van der Waals surface area contributed by atoms with Gasteiger partial charge in [-0.2, -0.15) is 0 Å². The molecule has 0 aromatic heterocycles. The van der Waals surface area contributed by atoms with Gasteiger partial charge in [0.05, 0.1) is 0 Å². The molecule has 0 aromatic carbocycles. The zero-order valence-corrected chi connectivity index (χ0v) is 20.1. The molecule has 3 atom stereocenters. The van der Waals surface area contributed by atoms with Crippen molar-refractivity contribution in [3.63, 3.8) is 0 Å². The van der Waals surface area contributed by atoms with E-state index in [0.717, 1.165) is 20.3 Å². The van der Waals surface area contributed by atoms with Gasteiger partial charge in [-0.1, -0.05) is 111 Å². The Morgan fingerprint density at radius 2 is 1.39 bits per heavy atom. The van der Waals surface area contributed by atoms with E-state index in [9.17, 15) is 4.79 Å². The van der Waals surface area contributed by atoms with Crippen molar-refractivity contribution in [3.8, 4) is 0 Å². The van der Waals surface area contributed by atoms with Crippen molar-refractivity contribution in [1.82, 2.24) is 0 Å². The predicted molar refractivity (Wildman–Crippen MR) is 126 cm³/mol. The Bertz CT molecular complexity index is 392. The summed E-state index contributed by atoms with van der Waals surface area (Å²) in [5.41, 5.74) is 0. The van der Waals surface area contributed by atoms with Crippen molar-refractivity contribution in [3.05, 3.63) is 36.5 Å². The molecule has 0 fully saturated rings. The third kappa shape index (κ3) is 17.5. The second kappa shape index (κ2) is 16.4. The maximum Gasteiger partial charge on any atom is 0.328 e. The van der Waals surface area contributed by atoms with Crippen LogP contribution in [-0.2, 0) is 4.79 Å². The molecular weight excluding hydrogens is 629 g/mol. The first kappa shape index (κ1) is 23.9. The van der Waals surface area contributed by atoms with E-state index >= 15 is 0 Å². The van der Waals surface area contributed by atoms with Crippen molar-refractivity contribution in [1.29, 1.82) is 0 Å². The largest absolute Gasteiger partial charge is 0.478 e. The molecule has 0 aliphatic heterocycles. The van der Waals surface area contributed by atoms with Gasteiger partial charge in [0.2, 0.25) is 0 Å². The summed E-state index contributed by atoms with van der Waals surface area (Å²) in [4.78, 5) is 10.3. The normalized spacial score (nSPS) is 16.3. The molecule has 0 radical (unpaired) electrons. The van der Waals surface area contributed by atoms with Gasteiger partial charge in [0, 0.05) is 17.8 Å². The van der Waals surface area contributed by atoms with Gasteiger partial charge >= 0.3 is 5.97 Å². The Kier molecular flexibility index (Phi) is 17.0. The molecule has 0 aromatic rings. The number of halogens is 3. The van der Waals surface area contributed by atoms with E-state index in [4.69, 9.17) is 5.11 Å². The minimum absolute atomic E-state index is 0.676. The van der Waals surface area contributed by atoms with Crippen LogP contribution >= 0.6 is 67.8 Å². The van der Waals surface area contributed by atoms with Gasteiger partial charge in [-0.15, -0.1) is 0 Å². The Morgan fingerprint density at radius 3 is 1.96 bits per heavy atom. The zero-order chi connectivity index (χ0) is 17.5. The summed E-state index contributed by atoms with van der Waals surface area (Å²) >= 11 is 7.74. The summed E-state index contributed by atoms with van der Waals surface area (Å²) in [6, 6.07) is 0. The lowest BCUT2D eigenvalue weighted by molar-refractivity contribution is -0.131. The van der Waals surface area contributed by atoms with Gasteiger partial charge in [0.25, 0.3) is 0 Å². The SMILES string of the molecule is CCCC(I)CCC(I)CCC(I)C/C=C/C=C/C=C/C(=O)O. The molecule has 2 nitrogen and oxygen atoms in total. The Hall–Kier alpha value is 0.880. The first-order valence-corrected chi connectivity index (χ1v) is 11.8. The molecule has 0 aliphatic carbocycles. The standard InChI is InChI=1S/C18H27I3O2/c1-2-8-15(19)11-13-17(21)14-12-16(20)9-6-4-3-5-7-10-18(22)23/h3-7,10,15-17H,2,8-9,11-14H2,1H3,(H,22,23)/b5-3+,6-4+,10-7+. The second-order valence-corrected chi connectivity index (χ2v) is 10.8. The molecule has 0 spiro atoms. The van der Waals surface area contributed by atoms with Crippen LogP contribution in [0.1, 0.15) is 51.9 Å². The summed E-state index contributed by atoms with van der Waals surface area (Å²) in [5, 5.41) is 8.45. The van der Waals surface area contributed by atoms with Crippen LogP contribution in [0.25, 0.3) is 0 Å². The van der Waals surface area contributed by atoms with Gasteiger partial charge in [0.1, 0.15) is 0 Å². The Balaban J connectivity index is 3.77. The number of carbonyl (C=O) groups is 1. The molecule has 0 bridgehead atoms. The molecule has 0 saturated heterocycles. The number of rotatable bonds is 13. The summed E-state index contributed by atoms with van der Waals surface area (Å²) in [7, 11) is 0. The van der Waals surface area contributed by atoms with Gasteiger partial charge in [-0.05, 0) is 38.5 Å². The van der Waals surface area contributed by atoms with Crippen molar-refractivity contribution < 1.29 is 9.90 Å². The fraction of sp³-hybridized carbons (Fsp3) is 0.611. The minimum atomic E-state index is -0.914. The monoisotopic (exact) mass is 656 g/mol. The first-order chi connectivity index (χ1) is 11.0. The minimum Gasteiger partial charge on any atom is -0.478 e. The van der Waals surface area contributed by atoms with Crippen LogP contribution in [0.2, 0.25) is 0 Å². The van der Waals surface area contributed by atoms with E-state index in [0.29, 0.717) is 3.92 Å². The second-order valence-electron chi connectivity index (χ2n) is 5.48. The van der Waals surface area contributed by atoms with Crippen molar-refractivity contribution >= 4 is 73.7 Å². The third-order valence-corrected chi connectivity index (χ3v) is 6.91. The predicted octanol–water partition coefficient (Wildman–Crippen LogP) is 6.90. The van der Waals surface area contributed by atoms with Crippen LogP contribution in [0, 0.1) is 0 Å². The van der Waals surface area contributed by atoms with E-state index < -0.39 is 5.97 Å². The zero-order valence-electron chi connectivity index (χ0n) is 13.6. The number of hydrogen-bond acceptors (Lipinski definition) is 1. The number of alkyl halides is 3.